The predicted octanol–water partition coefficient (Wildman–Crippen LogP) is 4.08. The molecule has 2 heterocycles. The molecule has 0 aromatic heterocycles. The van der Waals surface area contributed by atoms with Crippen LogP contribution in [0, 0.1) is 5.92 Å². The third-order valence-corrected chi connectivity index (χ3v) is 5.82. The molecule has 0 radical (unpaired) electrons. The topological polar surface area (TPSA) is 24.9 Å². The standard InChI is InChI=1S/C22H27ClN2O2/c23-22-7-2-1-4-19(22)17-27-21-6-3-5-20(14-21)25-11-9-24(10-12-25)15-18-8-13-26-16-18/h1-7,14,18H,8-13,15-17H2/t18-/m0/s1. The highest BCUT2D eigenvalue weighted by atomic mass is 35.5. The summed E-state index contributed by atoms with van der Waals surface area (Å²) in [5.41, 5.74) is 2.24. The number of ether oxygens (including phenoxy) is 2. The molecule has 0 amide bonds. The second-order valence-electron chi connectivity index (χ2n) is 7.39. The highest BCUT2D eigenvalue weighted by Crippen LogP contribution is 2.25. The fourth-order valence-corrected chi connectivity index (χ4v) is 4.02. The number of rotatable bonds is 6. The van der Waals surface area contributed by atoms with Gasteiger partial charge >= 0.3 is 0 Å². The van der Waals surface area contributed by atoms with Gasteiger partial charge in [0.15, 0.2) is 0 Å². The van der Waals surface area contributed by atoms with Crippen molar-refractivity contribution in [2.45, 2.75) is 13.0 Å². The maximum absolute atomic E-state index is 6.22. The van der Waals surface area contributed by atoms with E-state index in [-0.39, 0.29) is 0 Å². The van der Waals surface area contributed by atoms with E-state index in [2.05, 4.69) is 28.0 Å². The van der Waals surface area contributed by atoms with Gasteiger partial charge in [-0.2, -0.15) is 0 Å². The van der Waals surface area contributed by atoms with Gasteiger partial charge in [-0.25, -0.2) is 0 Å². The van der Waals surface area contributed by atoms with Crippen molar-refractivity contribution in [2.24, 2.45) is 5.92 Å². The van der Waals surface area contributed by atoms with Gasteiger partial charge in [-0.15, -0.1) is 0 Å². The van der Waals surface area contributed by atoms with Crippen LogP contribution in [0.15, 0.2) is 48.5 Å². The lowest BCUT2D eigenvalue weighted by molar-refractivity contribution is 0.164. The Morgan fingerprint density at radius 1 is 1.04 bits per heavy atom. The second kappa shape index (κ2) is 8.96. The zero-order chi connectivity index (χ0) is 18.5. The molecule has 5 heteroatoms. The quantitative estimate of drug-likeness (QED) is 0.746. The van der Waals surface area contributed by atoms with Crippen molar-refractivity contribution in [3.8, 4) is 5.75 Å². The van der Waals surface area contributed by atoms with Crippen molar-refractivity contribution in [3.05, 3.63) is 59.1 Å². The lowest BCUT2D eigenvalue weighted by atomic mass is 10.1. The van der Waals surface area contributed by atoms with Crippen molar-refractivity contribution in [1.29, 1.82) is 0 Å². The van der Waals surface area contributed by atoms with Crippen molar-refractivity contribution < 1.29 is 9.47 Å². The van der Waals surface area contributed by atoms with Crippen LogP contribution in [-0.2, 0) is 11.3 Å². The van der Waals surface area contributed by atoms with Crippen molar-refractivity contribution >= 4 is 17.3 Å². The Morgan fingerprint density at radius 2 is 1.89 bits per heavy atom. The van der Waals surface area contributed by atoms with Crippen LogP contribution in [0.4, 0.5) is 5.69 Å². The van der Waals surface area contributed by atoms with Crippen molar-refractivity contribution in [3.63, 3.8) is 0 Å². The molecule has 2 saturated heterocycles. The Morgan fingerprint density at radius 3 is 2.67 bits per heavy atom. The van der Waals surface area contributed by atoms with Gasteiger partial charge in [-0.3, -0.25) is 4.90 Å². The van der Waals surface area contributed by atoms with E-state index in [0.717, 1.165) is 61.6 Å². The van der Waals surface area contributed by atoms with E-state index < -0.39 is 0 Å². The average molecular weight is 387 g/mol. The van der Waals surface area contributed by atoms with E-state index >= 15 is 0 Å². The monoisotopic (exact) mass is 386 g/mol. The molecule has 2 aliphatic heterocycles. The molecule has 4 rings (SSSR count). The third-order valence-electron chi connectivity index (χ3n) is 5.45. The predicted molar refractivity (Wildman–Crippen MR) is 110 cm³/mol. The Kier molecular flexibility index (Phi) is 6.17. The average Bonchev–Trinajstić information content (AvgIpc) is 3.21. The van der Waals surface area contributed by atoms with E-state index in [4.69, 9.17) is 21.1 Å². The first-order valence-corrected chi connectivity index (χ1v) is 10.2. The van der Waals surface area contributed by atoms with Gasteiger partial charge < -0.3 is 14.4 Å². The summed E-state index contributed by atoms with van der Waals surface area (Å²) >= 11 is 6.22. The first-order chi connectivity index (χ1) is 13.3. The van der Waals surface area contributed by atoms with E-state index in [9.17, 15) is 0 Å². The highest BCUT2D eigenvalue weighted by Gasteiger charge is 2.23. The molecule has 0 N–H and O–H groups in total. The number of piperazine rings is 1. The molecule has 1 atom stereocenters. The van der Waals surface area contributed by atoms with Crippen LogP contribution in [0.2, 0.25) is 5.02 Å². The van der Waals surface area contributed by atoms with Crippen LogP contribution in [0.5, 0.6) is 5.75 Å². The zero-order valence-electron chi connectivity index (χ0n) is 15.6. The molecule has 0 spiro atoms. The van der Waals surface area contributed by atoms with Gasteiger partial charge in [-0.05, 0) is 30.5 Å². The summed E-state index contributed by atoms with van der Waals surface area (Å²) in [6.45, 7) is 7.87. The summed E-state index contributed by atoms with van der Waals surface area (Å²) in [4.78, 5) is 5.03. The van der Waals surface area contributed by atoms with Crippen LogP contribution in [0.1, 0.15) is 12.0 Å². The highest BCUT2D eigenvalue weighted by molar-refractivity contribution is 6.31. The maximum Gasteiger partial charge on any atom is 0.121 e. The smallest absolute Gasteiger partial charge is 0.121 e. The molecule has 4 nitrogen and oxygen atoms in total. The Balaban J connectivity index is 1.31. The summed E-state index contributed by atoms with van der Waals surface area (Å²) in [7, 11) is 0. The fraction of sp³-hybridized carbons (Fsp3) is 0.455. The number of hydrogen-bond acceptors (Lipinski definition) is 4. The summed E-state index contributed by atoms with van der Waals surface area (Å²) in [6.07, 6.45) is 1.21. The number of hydrogen-bond donors (Lipinski definition) is 0. The third kappa shape index (κ3) is 4.95. The fourth-order valence-electron chi connectivity index (χ4n) is 3.83. The second-order valence-corrected chi connectivity index (χ2v) is 7.80. The van der Waals surface area contributed by atoms with Crippen molar-refractivity contribution in [1.82, 2.24) is 4.90 Å². The normalized spacial score (nSPS) is 20.8. The van der Waals surface area contributed by atoms with Crippen LogP contribution < -0.4 is 9.64 Å². The summed E-state index contributed by atoms with van der Waals surface area (Å²) in [6, 6.07) is 16.2. The van der Waals surface area contributed by atoms with Gasteiger partial charge in [-0.1, -0.05) is 35.9 Å². The lowest BCUT2D eigenvalue weighted by Gasteiger charge is -2.37. The van der Waals surface area contributed by atoms with E-state index in [1.54, 1.807) is 0 Å². The molecule has 2 aromatic rings. The van der Waals surface area contributed by atoms with Gasteiger partial charge in [0.2, 0.25) is 0 Å². The Bertz CT molecular complexity index is 741. The van der Waals surface area contributed by atoms with Gasteiger partial charge in [0.05, 0.1) is 6.61 Å². The van der Waals surface area contributed by atoms with Crippen molar-refractivity contribution in [2.75, 3.05) is 50.8 Å². The van der Waals surface area contributed by atoms with Crippen LogP contribution >= 0.6 is 11.6 Å². The number of anilines is 1. The molecule has 2 aromatic carbocycles. The molecular weight excluding hydrogens is 360 g/mol. The minimum absolute atomic E-state index is 0.486. The van der Waals surface area contributed by atoms with E-state index in [0.29, 0.717) is 6.61 Å². The molecule has 2 aliphatic rings. The first-order valence-electron chi connectivity index (χ1n) is 9.79. The van der Waals surface area contributed by atoms with Gasteiger partial charge in [0.25, 0.3) is 0 Å². The Hall–Kier alpha value is -1.75. The van der Waals surface area contributed by atoms with E-state index in [1.807, 2.05) is 30.3 Å². The maximum atomic E-state index is 6.22. The molecule has 0 unspecified atom stereocenters. The first kappa shape index (κ1) is 18.6. The summed E-state index contributed by atoms with van der Waals surface area (Å²) < 4.78 is 11.5. The Labute approximate surface area is 166 Å². The summed E-state index contributed by atoms with van der Waals surface area (Å²) in [5.74, 6) is 1.61. The summed E-state index contributed by atoms with van der Waals surface area (Å²) in [5, 5.41) is 0.748. The van der Waals surface area contributed by atoms with Gasteiger partial charge in [0, 0.05) is 61.7 Å². The van der Waals surface area contributed by atoms with Crippen LogP contribution in [0.3, 0.4) is 0 Å². The number of halogens is 1. The van der Waals surface area contributed by atoms with Crippen LogP contribution in [-0.4, -0.2) is 50.8 Å². The molecule has 2 fully saturated rings. The number of benzene rings is 2. The zero-order valence-corrected chi connectivity index (χ0v) is 16.4. The molecule has 144 valence electrons. The largest absolute Gasteiger partial charge is 0.489 e. The molecule has 27 heavy (non-hydrogen) atoms. The van der Waals surface area contributed by atoms with Crippen LogP contribution in [0.25, 0.3) is 0 Å². The molecule has 0 bridgehead atoms. The SMILES string of the molecule is Clc1ccccc1COc1cccc(N2CCN(C[C@@H]3CCOC3)CC2)c1. The minimum atomic E-state index is 0.486. The minimum Gasteiger partial charge on any atom is -0.489 e. The molecule has 0 saturated carbocycles. The van der Waals surface area contributed by atoms with E-state index in [1.165, 1.54) is 18.7 Å². The molecular formula is C22H27ClN2O2. The molecule has 0 aliphatic carbocycles. The van der Waals surface area contributed by atoms with Gasteiger partial charge in [0.1, 0.15) is 12.4 Å². The number of nitrogens with zero attached hydrogens (tertiary/aromatic N) is 2. The lowest BCUT2D eigenvalue weighted by Crippen LogP contribution is -2.47.